The van der Waals surface area contributed by atoms with Gasteiger partial charge in [-0.1, -0.05) is 29.3 Å². The van der Waals surface area contributed by atoms with Crippen LogP contribution in [0.5, 0.6) is 11.5 Å². The first-order valence-electron chi connectivity index (χ1n) is 11.2. The smallest absolute Gasteiger partial charge is 0.271 e. The summed E-state index contributed by atoms with van der Waals surface area (Å²) in [5, 5.41) is 17.6. The first-order chi connectivity index (χ1) is 17.7. The van der Waals surface area contributed by atoms with Gasteiger partial charge in [0.05, 0.1) is 22.8 Å². The minimum absolute atomic E-state index is 0.122. The summed E-state index contributed by atoms with van der Waals surface area (Å²) in [6, 6.07) is 14.0. The summed E-state index contributed by atoms with van der Waals surface area (Å²) >= 11 is 6.39. The molecule has 0 radical (unpaired) electrons. The van der Waals surface area contributed by atoms with E-state index in [1.54, 1.807) is 19.1 Å². The number of amides is 2. The summed E-state index contributed by atoms with van der Waals surface area (Å²) in [4.78, 5) is 34.8. The molecule has 0 aliphatic rings. The van der Waals surface area contributed by atoms with E-state index in [4.69, 9.17) is 21.1 Å². The molecule has 192 valence electrons. The van der Waals surface area contributed by atoms with E-state index in [9.17, 15) is 19.7 Å². The zero-order chi connectivity index (χ0) is 26.9. The van der Waals surface area contributed by atoms with Crippen molar-refractivity contribution < 1.29 is 24.0 Å². The Kier molecular flexibility index (Phi) is 9.17. The number of ether oxygens (including phenoxy) is 2. The van der Waals surface area contributed by atoms with E-state index in [0.717, 1.165) is 11.1 Å². The highest BCUT2D eigenvalue weighted by molar-refractivity contribution is 6.32. The molecule has 10 nitrogen and oxygen atoms in total. The summed E-state index contributed by atoms with van der Waals surface area (Å²) < 4.78 is 11.3. The van der Waals surface area contributed by atoms with E-state index in [1.165, 1.54) is 30.5 Å². The molecular weight excluding hydrogens is 500 g/mol. The van der Waals surface area contributed by atoms with Crippen LogP contribution in [0.4, 0.5) is 11.4 Å². The third-order valence-corrected chi connectivity index (χ3v) is 5.34. The standard InChI is InChI=1S/C26H25ClN4O6/c1-4-36-23-13-18(14-28-30-26(33)19-6-8-20(9-7-19)31(34)35)12-21(27)25(23)37-15-24(32)29-22-10-5-16(2)11-17(22)3/h5-14H,4,15H2,1-3H3,(H,29,32)(H,30,33)/b28-14+. The Labute approximate surface area is 218 Å². The fourth-order valence-electron chi connectivity index (χ4n) is 3.31. The van der Waals surface area contributed by atoms with E-state index in [0.29, 0.717) is 23.6 Å². The lowest BCUT2D eigenvalue weighted by atomic mass is 10.1. The molecule has 0 fully saturated rings. The van der Waals surface area contributed by atoms with Crippen LogP contribution in [0.1, 0.15) is 34.0 Å². The third kappa shape index (κ3) is 7.52. The van der Waals surface area contributed by atoms with Gasteiger partial charge in [-0.05, 0) is 62.2 Å². The number of anilines is 1. The zero-order valence-corrected chi connectivity index (χ0v) is 21.2. The first-order valence-corrected chi connectivity index (χ1v) is 11.6. The maximum Gasteiger partial charge on any atom is 0.271 e. The van der Waals surface area contributed by atoms with E-state index in [-0.39, 0.29) is 34.5 Å². The molecule has 0 aliphatic carbocycles. The molecule has 0 spiro atoms. The number of benzene rings is 3. The second-order valence-corrected chi connectivity index (χ2v) is 8.33. The van der Waals surface area contributed by atoms with Gasteiger partial charge >= 0.3 is 0 Å². The third-order valence-electron chi connectivity index (χ3n) is 5.06. The normalized spacial score (nSPS) is 10.7. The van der Waals surface area contributed by atoms with Crippen LogP contribution in [0.25, 0.3) is 0 Å². The summed E-state index contributed by atoms with van der Waals surface area (Å²) in [5.74, 6) is -0.397. The number of hydrogen-bond acceptors (Lipinski definition) is 7. The average Bonchev–Trinajstić information content (AvgIpc) is 2.85. The van der Waals surface area contributed by atoms with Gasteiger partial charge in [0.25, 0.3) is 17.5 Å². The number of hydrazone groups is 1. The van der Waals surface area contributed by atoms with Crippen LogP contribution in [-0.4, -0.2) is 36.2 Å². The molecule has 2 amide bonds. The number of nitrogens with one attached hydrogen (secondary N) is 2. The molecule has 2 N–H and O–H groups in total. The number of nitro groups is 1. The van der Waals surface area contributed by atoms with Crippen LogP contribution >= 0.6 is 11.6 Å². The van der Waals surface area contributed by atoms with Crippen LogP contribution in [0.2, 0.25) is 5.02 Å². The largest absolute Gasteiger partial charge is 0.490 e. The predicted molar refractivity (Wildman–Crippen MR) is 141 cm³/mol. The lowest BCUT2D eigenvalue weighted by Gasteiger charge is -2.15. The molecule has 0 saturated heterocycles. The van der Waals surface area contributed by atoms with Gasteiger partial charge in [-0.15, -0.1) is 0 Å². The van der Waals surface area contributed by atoms with Crippen molar-refractivity contribution in [3.8, 4) is 11.5 Å². The Morgan fingerprint density at radius 3 is 2.46 bits per heavy atom. The summed E-state index contributed by atoms with van der Waals surface area (Å²) in [7, 11) is 0. The molecule has 11 heteroatoms. The van der Waals surface area contributed by atoms with Crippen molar-refractivity contribution in [1.29, 1.82) is 0 Å². The summed E-state index contributed by atoms with van der Waals surface area (Å²) in [6.45, 7) is 5.70. The monoisotopic (exact) mass is 524 g/mol. The molecule has 0 atom stereocenters. The van der Waals surface area contributed by atoms with Gasteiger partial charge in [0.2, 0.25) is 0 Å². The number of rotatable bonds is 10. The Morgan fingerprint density at radius 2 is 1.81 bits per heavy atom. The number of non-ortho nitro benzene ring substituents is 1. The van der Waals surface area contributed by atoms with Crippen molar-refractivity contribution in [2.45, 2.75) is 20.8 Å². The molecule has 3 rings (SSSR count). The Hall–Kier alpha value is -4.44. The number of nitro benzene ring substituents is 1. The van der Waals surface area contributed by atoms with Gasteiger partial charge in [-0.3, -0.25) is 19.7 Å². The molecule has 37 heavy (non-hydrogen) atoms. The SMILES string of the molecule is CCOc1cc(/C=N/NC(=O)c2ccc([N+](=O)[O-])cc2)cc(Cl)c1OCC(=O)Nc1ccc(C)cc1C. The van der Waals surface area contributed by atoms with E-state index >= 15 is 0 Å². The molecular formula is C26H25ClN4O6. The van der Waals surface area contributed by atoms with Gasteiger partial charge in [0, 0.05) is 23.4 Å². The lowest BCUT2D eigenvalue weighted by molar-refractivity contribution is -0.384. The summed E-state index contributed by atoms with van der Waals surface area (Å²) in [6.07, 6.45) is 1.36. The molecule has 0 heterocycles. The van der Waals surface area contributed by atoms with Crippen molar-refractivity contribution in [3.63, 3.8) is 0 Å². The topological polar surface area (TPSA) is 132 Å². The minimum atomic E-state index is -0.551. The van der Waals surface area contributed by atoms with Gasteiger partial charge < -0.3 is 14.8 Å². The second-order valence-electron chi connectivity index (χ2n) is 7.92. The molecule has 0 bridgehead atoms. The number of carbonyl (C=O) groups is 2. The number of hydrogen-bond donors (Lipinski definition) is 2. The van der Waals surface area contributed by atoms with Gasteiger partial charge in [-0.2, -0.15) is 5.10 Å². The highest BCUT2D eigenvalue weighted by Gasteiger charge is 2.15. The van der Waals surface area contributed by atoms with Gasteiger partial charge in [0.15, 0.2) is 18.1 Å². The predicted octanol–water partition coefficient (Wildman–Crippen LogP) is 5.05. The average molecular weight is 525 g/mol. The van der Waals surface area contributed by atoms with E-state index in [1.807, 2.05) is 32.0 Å². The van der Waals surface area contributed by atoms with E-state index in [2.05, 4.69) is 15.8 Å². The van der Waals surface area contributed by atoms with Crippen LogP contribution in [0, 0.1) is 24.0 Å². The van der Waals surface area contributed by atoms with Crippen molar-refractivity contribution in [3.05, 3.63) is 92.0 Å². The second kappa shape index (κ2) is 12.5. The molecule has 0 saturated carbocycles. The number of carbonyl (C=O) groups excluding carboxylic acids is 2. The van der Waals surface area contributed by atoms with Crippen molar-refractivity contribution in [1.82, 2.24) is 5.43 Å². The fraction of sp³-hybridized carbons (Fsp3) is 0.192. The van der Waals surface area contributed by atoms with Crippen molar-refractivity contribution in [2.75, 3.05) is 18.5 Å². The molecule has 0 aliphatic heterocycles. The molecule has 0 aromatic heterocycles. The maximum absolute atomic E-state index is 12.4. The van der Waals surface area contributed by atoms with Crippen LogP contribution in [0.15, 0.2) is 59.7 Å². The van der Waals surface area contributed by atoms with Crippen LogP contribution < -0.4 is 20.2 Å². The number of aryl methyl sites for hydroxylation is 2. The summed E-state index contributed by atoms with van der Waals surface area (Å²) in [5.41, 5.74) is 5.65. The highest BCUT2D eigenvalue weighted by Crippen LogP contribution is 2.36. The van der Waals surface area contributed by atoms with Crippen molar-refractivity contribution in [2.24, 2.45) is 5.10 Å². The number of halogens is 1. The lowest BCUT2D eigenvalue weighted by Crippen LogP contribution is -2.21. The Bertz CT molecular complexity index is 1340. The van der Waals surface area contributed by atoms with Crippen LogP contribution in [-0.2, 0) is 4.79 Å². The Morgan fingerprint density at radius 1 is 1.08 bits per heavy atom. The molecule has 3 aromatic carbocycles. The highest BCUT2D eigenvalue weighted by atomic mass is 35.5. The van der Waals surface area contributed by atoms with Crippen LogP contribution in [0.3, 0.4) is 0 Å². The van der Waals surface area contributed by atoms with Crippen molar-refractivity contribution >= 4 is 41.0 Å². The Balaban J connectivity index is 1.66. The molecule has 0 unspecified atom stereocenters. The number of nitrogens with zero attached hydrogens (tertiary/aromatic N) is 2. The first kappa shape index (κ1) is 27.2. The quantitative estimate of drug-likeness (QED) is 0.217. The molecule has 3 aromatic rings. The minimum Gasteiger partial charge on any atom is -0.490 e. The fourth-order valence-corrected chi connectivity index (χ4v) is 3.58. The van der Waals surface area contributed by atoms with E-state index < -0.39 is 10.8 Å². The van der Waals surface area contributed by atoms with Gasteiger partial charge in [-0.25, -0.2) is 5.43 Å². The zero-order valence-electron chi connectivity index (χ0n) is 20.4. The van der Waals surface area contributed by atoms with Gasteiger partial charge in [0.1, 0.15) is 0 Å². The maximum atomic E-state index is 12.4.